The number of pyridine rings is 1. The minimum atomic E-state index is -4.71. The van der Waals surface area contributed by atoms with Crippen molar-refractivity contribution in [1.29, 1.82) is 0 Å². The Labute approximate surface area is 193 Å². The fraction of sp³-hybridized carbons (Fsp3) is 0.130. The number of carbonyl (C=O) groups excluding carboxylic acids is 1. The first-order valence-corrected chi connectivity index (χ1v) is 9.96. The zero-order chi connectivity index (χ0) is 24.9. The highest BCUT2D eigenvalue weighted by Crippen LogP contribution is 2.29. The number of allylic oxidation sites excluding steroid dienone is 3. The highest BCUT2D eigenvalue weighted by molar-refractivity contribution is 6.03. The fourth-order valence-electron chi connectivity index (χ4n) is 2.94. The minimum Gasteiger partial charge on any atom is -0.395 e. The molecule has 0 fully saturated rings. The standard InChI is InChI=1S/C23H22F3N7O/c1-13-3-4-16(33-22(34)18(27)5-6-20(28)23(24,25)26)8-17(13)14-7-15(11-30-10-14)19-9-21(29-2)32-12-31-19/h3-12H,27-28H2,1-2H3,(H,33,34)(H,29,31,32)/b18-5-,20-6-. The molecule has 0 unspecified atom stereocenters. The average Bonchev–Trinajstić information content (AvgIpc) is 2.82. The van der Waals surface area contributed by atoms with Crippen molar-refractivity contribution in [3.05, 3.63) is 78.2 Å². The highest BCUT2D eigenvalue weighted by Gasteiger charge is 2.30. The first-order chi connectivity index (χ1) is 16.1. The Morgan fingerprint density at radius 3 is 2.47 bits per heavy atom. The lowest BCUT2D eigenvalue weighted by atomic mass is 9.99. The van der Waals surface area contributed by atoms with Crippen molar-refractivity contribution in [1.82, 2.24) is 15.0 Å². The van der Waals surface area contributed by atoms with Crippen LogP contribution in [0, 0.1) is 6.92 Å². The van der Waals surface area contributed by atoms with Crippen LogP contribution in [0.5, 0.6) is 0 Å². The number of aryl methyl sites for hydroxylation is 1. The molecular weight excluding hydrogens is 447 g/mol. The van der Waals surface area contributed by atoms with Crippen LogP contribution in [0.15, 0.2) is 72.6 Å². The van der Waals surface area contributed by atoms with Gasteiger partial charge in [-0.25, -0.2) is 9.97 Å². The summed E-state index contributed by atoms with van der Waals surface area (Å²) in [6.45, 7) is 1.90. The van der Waals surface area contributed by atoms with Crippen molar-refractivity contribution in [2.45, 2.75) is 13.1 Å². The number of aromatic nitrogens is 3. The smallest absolute Gasteiger partial charge is 0.395 e. The van der Waals surface area contributed by atoms with Crippen LogP contribution in [0.25, 0.3) is 22.4 Å². The first-order valence-electron chi connectivity index (χ1n) is 9.96. The van der Waals surface area contributed by atoms with Crippen LogP contribution in [-0.4, -0.2) is 34.1 Å². The van der Waals surface area contributed by atoms with E-state index in [4.69, 9.17) is 11.5 Å². The number of nitrogens with zero attached hydrogens (tertiary/aromatic N) is 3. The van der Waals surface area contributed by atoms with E-state index >= 15 is 0 Å². The van der Waals surface area contributed by atoms with E-state index in [0.717, 1.165) is 28.3 Å². The van der Waals surface area contributed by atoms with Gasteiger partial charge in [0.05, 0.1) is 11.4 Å². The molecule has 1 amide bonds. The maximum absolute atomic E-state index is 12.5. The van der Waals surface area contributed by atoms with Gasteiger partial charge >= 0.3 is 6.18 Å². The molecule has 11 heteroatoms. The van der Waals surface area contributed by atoms with Gasteiger partial charge in [0.2, 0.25) is 0 Å². The topological polar surface area (TPSA) is 132 Å². The monoisotopic (exact) mass is 469 g/mol. The largest absolute Gasteiger partial charge is 0.430 e. The summed E-state index contributed by atoms with van der Waals surface area (Å²) < 4.78 is 37.5. The van der Waals surface area contributed by atoms with E-state index in [0.29, 0.717) is 23.3 Å². The summed E-state index contributed by atoms with van der Waals surface area (Å²) in [4.78, 5) is 25.0. The number of amides is 1. The zero-order valence-electron chi connectivity index (χ0n) is 18.3. The Morgan fingerprint density at radius 1 is 1.03 bits per heavy atom. The van der Waals surface area contributed by atoms with Gasteiger partial charge in [0, 0.05) is 42.3 Å². The molecule has 0 spiro atoms. The Balaban J connectivity index is 1.86. The van der Waals surface area contributed by atoms with Gasteiger partial charge in [-0.05, 0) is 48.4 Å². The first kappa shape index (κ1) is 24.2. The summed E-state index contributed by atoms with van der Waals surface area (Å²) in [5, 5.41) is 5.53. The van der Waals surface area contributed by atoms with Crippen LogP contribution in [0.3, 0.4) is 0 Å². The van der Waals surface area contributed by atoms with E-state index in [1.165, 1.54) is 6.33 Å². The molecule has 6 N–H and O–H groups in total. The van der Waals surface area contributed by atoms with Gasteiger partial charge in [0.15, 0.2) is 0 Å². The van der Waals surface area contributed by atoms with E-state index < -0.39 is 23.5 Å². The number of nitrogens with one attached hydrogen (secondary N) is 2. The lowest BCUT2D eigenvalue weighted by molar-refractivity contribution is -0.113. The summed E-state index contributed by atoms with van der Waals surface area (Å²) in [5.74, 6) is -0.109. The number of rotatable bonds is 6. The third-order valence-electron chi connectivity index (χ3n) is 4.80. The van der Waals surface area contributed by atoms with Gasteiger partial charge in [-0.15, -0.1) is 0 Å². The molecule has 0 aliphatic rings. The van der Waals surface area contributed by atoms with Crippen LogP contribution in [0.2, 0.25) is 0 Å². The van der Waals surface area contributed by atoms with Gasteiger partial charge in [-0.1, -0.05) is 6.07 Å². The number of anilines is 2. The van der Waals surface area contributed by atoms with Crippen molar-refractivity contribution in [3.63, 3.8) is 0 Å². The Kier molecular flexibility index (Phi) is 7.15. The summed E-state index contributed by atoms with van der Waals surface area (Å²) in [6.07, 6.45) is 1.45. The van der Waals surface area contributed by atoms with E-state index in [1.807, 2.05) is 13.0 Å². The van der Waals surface area contributed by atoms with Gasteiger partial charge < -0.3 is 22.1 Å². The highest BCUT2D eigenvalue weighted by atomic mass is 19.4. The molecule has 2 aromatic heterocycles. The molecule has 34 heavy (non-hydrogen) atoms. The SMILES string of the molecule is CNc1cc(-c2cncc(-c3cc(NC(=O)/C(N)=C/C=C(\N)C(F)(F)F)ccc3C)c2)ncn1. The summed E-state index contributed by atoms with van der Waals surface area (Å²) in [6, 6.07) is 8.87. The quantitative estimate of drug-likeness (QED) is 0.319. The lowest BCUT2D eigenvalue weighted by Gasteiger charge is -2.12. The lowest BCUT2D eigenvalue weighted by Crippen LogP contribution is -2.21. The van der Waals surface area contributed by atoms with Crippen molar-refractivity contribution in [2.75, 3.05) is 17.7 Å². The fourth-order valence-corrected chi connectivity index (χ4v) is 2.94. The molecule has 3 rings (SSSR count). The van der Waals surface area contributed by atoms with Crippen molar-refractivity contribution >= 4 is 17.4 Å². The molecule has 0 radical (unpaired) electrons. The number of alkyl halides is 3. The molecule has 0 bridgehead atoms. The van der Waals surface area contributed by atoms with E-state index in [9.17, 15) is 18.0 Å². The second kappa shape index (κ2) is 10.0. The summed E-state index contributed by atoms with van der Waals surface area (Å²) >= 11 is 0. The molecule has 3 aromatic rings. The van der Waals surface area contributed by atoms with Gasteiger partial charge in [-0.3, -0.25) is 9.78 Å². The van der Waals surface area contributed by atoms with Crippen LogP contribution in [0.4, 0.5) is 24.7 Å². The molecule has 0 saturated heterocycles. The Bertz CT molecular complexity index is 1270. The number of nitrogens with two attached hydrogens (primary N) is 2. The number of hydrogen-bond acceptors (Lipinski definition) is 7. The van der Waals surface area contributed by atoms with E-state index in [2.05, 4.69) is 25.6 Å². The molecule has 0 atom stereocenters. The van der Waals surface area contributed by atoms with E-state index in [1.54, 1.807) is 43.7 Å². The minimum absolute atomic E-state index is 0.402. The molecule has 0 aliphatic heterocycles. The Morgan fingerprint density at radius 2 is 1.76 bits per heavy atom. The number of hydrogen-bond donors (Lipinski definition) is 4. The maximum atomic E-state index is 12.5. The van der Waals surface area contributed by atoms with Crippen molar-refractivity contribution < 1.29 is 18.0 Å². The van der Waals surface area contributed by atoms with Crippen LogP contribution in [-0.2, 0) is 4.79 Å². The second-order valence-corrected chi connectivity index (χ2v) is 7.23. The third kappa shape index (κ3) is 5.88. The number of halogens is 3. The third-order valence-corrected chi connectivity index (χ3v) is 4.80. The Hall–Kier alpha value is -4.41. The number of benzene rings is 1. The van der Waals surface area contributed by atoms with Gasteiger partial charge in [-0.2, -0.15) is 13.2 Å². The zero-order valence-corrected chi connectivity index (χ0v) is 18.3. The van der Waals surface area contributed by atoms with Crippen molar-refractivity contribution in [3.8, 4) is 22.4 Å². The van der Waals surface area contributed by atoms with Gasteiger partial charge in [0.1, 0.15) is 17.8 Å². The predicted octanol–water partition coefficient (Wildman–Crippen LogP) is 3.74. The maximum Gasteiger partial charge on any atom is 0.430 e. The molecule has 176 valence electrons. The average molecular weight is 469 g/mol. The van der Waals surface area contributed by atoms with Crippen LogP contribution in [0.1, 0.15) is 5.56 Å². The predicted molar refractivity (Wildman–Crippen MR) is 124 cm³/mol. The molecule has 0 saturated carbocycles. The molecule has 2 heterocycles. The van der Waals surface area contributed by atoms with Crippen LogP contribution >= 0.6 is 0 Å². The molecule has 8 nitrogen and oxygen atoms in total. The van der Waals surface area contributed by atoms with E-state index in [-0.39, 0.29) is 0 Å². The molecule has 0 aliphatic carbocycles. The second-order valence-electron chi connectivity index (χ2n) is 7.23. The van der Waals surface area contributed by atoms with Crippen molar-refractivity contribution in [2.24, 2.45) is 11.5 Å². The molecule has 1 aromatic carbocycles. The summed E-state index contributed by atoms with van der Waals surface area (Å²) in [5.41, 5.74) is 13.1. The number of carbonyl (C=O) groups is 1. The summed E-state index contributed by atoms with van der Waals surface area (Å²) in [7, 11) is 1.76. The normalized spacial score (nSPS) is 12.4. The molecular formula is C23H22F3N7O. The van der Waals surface area contributed by atoms with Gasteiger partial charge in [0.25, 0.3) is 5.91 Å². The van der Waals surface area contributed by atoms with Crippen LogP contribution < -0.4 is 22.1 Å².